The van der Waals surface area contributed by atoms with Crippen LogP contribution in [0, 0.1) is 5.92 Å². The minimum Gasteiger partial charge on any atom is -0.313 e. The first-order chi connectivity index (χ1) is 11.8. The molecular weight excluding hydrogens is 336 g/mol. The zero-order chi connectivity index (χ0) is 16.4. The van der Waals surface area contributed by atoms with Crippen LogP contribution in [0.3, 0.4) is 0 Å². The summed E-state index contributed by atoms with van der Waals surface area (Å²) in [6.07, 6.45) is 9.04. The smallest absolute Gasteiger partial charge is 0.226 e. The zero-order valence-electron chi connectivity index (χ0n) is 14.2. The van der Waals surface area contributed by atoms with E-state index in [-0.39, 0.29) is 18.3 Å². The molecule has 3 heterocycles. The molecule has 2 aliphatic heterocycles. The van der Waals surface area contributed by atoms with Crippen LogP contribution in [0.4, 0.5) is 5.95 Å². The molecule has 0 spiro atoms. The van der Waals surface area contributed by atoms with Crippen molar-refractivity contribution in [2.75, 3.05) is 5.32 Å². The Bertz CT molecular complexity index is 690. The molecule has 1 amide bonds. The topological polar surface area (TPSA) is 59.0 Å². The molecule has 5 nitrogen and oxygen atoms in total. The first-order valence-corrected chi connectivity index (χ1v) is 8.87. The van der Waals surface area contributed by atoms with Crippen molar-refractivity contribution >= 4 is 24.3 Å². The molecule has 2 bridgehead atoms. The third kappa shape index (κ3) is 4.41. The van der Waals surface area contributed by atoms with Crippen LogP contribution in [0.5, 0.6) is 0 Å². The van der Waals surface area contributed by atoms with E-state index < -0.39 is 0 Å². The van der Waals surface area contributed by atoms with E-state index in [1.807, 2.05) is 29.0 Å². The molecule has 2 unspecified atom stereocenters. The molecule has 134 valence electrons. The Hall–Kier alpha value is -1.85. The van der Waals surface area contributed by atoms with Crippen molar-refractivity contribution in [2.45, 2.75) is 50.7 Å². The first kappa shape index (κ1) is 18.0. The van der Waals surface area contributed by atoms with E-state index in [9.17, 15) is 4.79 Å². The van der Waals surface area contributed by atoms with Gasteiger partial charge in [0.25, 0.3) is 0 Å². The van der Waals surface area contributed by atoms with Crippen LogP contribution in [-0.2, 0) is 11.3 Å². The second kappa shape index (κ2) is 8.02. The van der Waals surface area contributed by atoms with Crippen LogP contribution in [0.1, 0.15) is 37.7 Å². The van der Waals surface area contributed by atoms with Gasteiger partial charge in [0.1, 0.15) is 0 Å². The Morgan fingerprint density at radius 2 is 1.92 bits per heavy atom. The highest BCUT2D eigenvalue weighted by Gasteiger charge is 2.34. The highest BCUT2D eigenvalue weighted by Crippen LogP contribution is 2.32. The van der Waals surface area contributed by atoms with E-state index in [2.05, 4.69) is 27.8 Å². The lowest BCUT2D eigenvalue weighted by Crippen LogP contribution is -2.39. The summed E-state index contributed by atoms with van der Waals surface area (Å²) in [7, 11) is 0. The summed E-state index contributed by atoms with van der Waals surface area (Å²) in [6, 6.07) is 11.5. The molecule has 2 fully saturated rings. The van der Waals surface area contributed by atoms with Gasteiger partial charge in [0, 0.05) is 30.9 Å². The average molecular weight is 361 g/mol. The number of fused-ring (bicyclic) bond motifs is 2. The molecule has 1 aromatic carbocycles. The van der Waals surface area contributed by atoms with Gasteiger partial charge in [-0.05, 0) is 37.2 Å². The summed E-state index contributed by atoms with van der Waals surface area (Å²) >= 11 is 0. The van der Waals surface area contributed by atoms with Gasteiger partial charge >= 0.3 is 0 Å². The highest BCUT2D eigenvalue weighted by molar-refractivity contribution is 5.89. The van der Waals surface area contributed by atoms with Crippen molar-refractivity contribution in [3.05, 3.63) is 48.3 Å². The number of nitrogens with one attached hydrogen (secondary N) is 2. The summed E-state index contributed by atoms with van der Waals surface area (Å²) in [6.45, 7) is 0.716. The second-order valence-corrected chi connectivity index (χ2v) is 7.09. The van der Waals surface area contributed by atoms with Gasteiger partial charge in [0.05, 0.1) is 6.54 Å². The fourth-order valence-corrected chi connectivity index (χ4v) is 4.12. The fourth-order valence-electron chi connectivity index (χ4n) is 4.12. The van der Waals surface area contributed by atoms with Gasteiger partial charge in [-0.3, -0.25) is 10.1 Å². The number of carbonyl (C=O) groups excluding carboxylic acids is 1. The third-order valence-corrected chi connectivity index (χ3v) is 5.21. The van der Waals surface area contributed by atoms with E-state index in [1.54, 1.807) is 6.20 Å². The maximum atomic E-state index is 12.4. The predicted molar refractivity (Wildman–Crippen MR) is 101 cm³/mol. The number of aromatic nitrogens is 2. The van der Waals surface area contributed by atoms with Gasteiger partial charge in [-0.1, -0.05) is 30.3 Å². The Morgan fingerprint density at radius 1 is 1.20 bits per heavy atom. The number of carbonyl (C=O) groups is 1. The van der Waals surface area contributed by atoms with E-state index >= 15 is 0 Å². The number of rotatable bonds is 5. The number of amides is 1. The van der Waals surface area contributed by atoms with Gasteiger partial charge < -0.3 is 9.88 Å². The lowest BCUT2D eigenvalue weighted by molar-refractivity contribution is -0.117. The van der Waals surface area contributed by atoms with Crippen LogP contribution in [-0.4, -0.2) is 27.5 Å². The number of nitrogens with zero attached hydrogens (tertiary/aromatic N) is 2. The molecule has 2 aliphatic rings. The lowest BCUT2D eigenvalue weighted by atomic mass is 9.89. The lowest BCUT2D eigenvalue weighted by Gasteiger charge is -2.28. The monoisotopic (exact) mass is 360 g/mol. The van der Waals surface area contributed by atoms with Crippen molar-refractivity contribution in [1.82, 2.24) is 14.9 Å². The average Bonchev–Trinajstić information content (AvgIpc) is 3.14. The minimum absolute atomic E-state index is 0. The van der Waals surface area contributed by atoms with Crippen molar-refractivity contribution in [3.8, 4) is 0 Å². The Labute approximate surface area is 154 Å². The third-order valence-electron chi connectivity index (χ3n) is 5.21. The van der Waals surface area contributed by atoms with Crippen LogP contribution >= 0.6 is 12.4 Å². The summed E-state index contributed by atoms with van der Waals surface area (Å²) < 4.78 is 1.99. The summed E-state index contributed by atoms with van der Waals surface area (Å²) in [4.78, 5) is 16.7. The Morgan fingerprint density at radius 3 is 2.64 bits per heavy atom. The van der Waals surface area contributed by atoms with Gasteiger partial charge in [-0.15, -0.1) is 12.4 Å². The van der Waals surface area contributed by atoms with Crippen LogP contribution in [0.2, 0.25) is 0 Å². The normalized spacial score (nSPS) is 24.6. The Kier molecular flexibility index (Phi) is 5.76. The van der Waals surface area contributed by atoms with Crippen LogP contribution in [0.25, 0.3) is 0 Å². The molecule has 0 saturated carbocycles. The standard InChI is InChI=1S/C19H24N4O.ClH/c24-18(12-15-10-16-6-7-17(11-15)21-16)22-19-20-8-9-23(19)13-14-4-2-1-3-5-14;/h1-5,8-9,15-17,21H,6-7,10-13H2,(H,20,22,24);1H. The first-order valence-electron chi connectivity index (χ1n) is 8.87. The van der Waals surface area contributed by atoms with E-state index in [0.717, 1.165) is 12.8 Å². The molecule has 2 N–H and O–H groups in total. The predicted octanol–water partition coefficient (Wildman–Crippen LogP) is 3.21. The largest absolute Gasteiger partial charge is 0.313 e. The summed E-state index contributed by atoms with van der Waals surface area (Å²) in [5.41, 5.74) is 1.20. The summed E-state index contributed by atoms with van der Waals surface area (Å²) in [5, 5.41) is 6.63. The molecule has 2 aromatic rings. The van der Waals surface area contributed by atoms with E-state index in [1.165, 1.54) is 18.4 Å². The van der Waals surface area contributed by atoms with Crippen molar-refractivity contribution in [3.63, 3.8) is 0 Å². The SMILES string of the molecule is Cl.O=C(CC1CC2CCC(C1)N2)Nc1nccn1Cc1ccccc1. The van der Waals surface area contributed by atoms with Crippen molar-refractivity contribution in [1.29, 1.82) is 0 Å². The van der Waals surface area contributed by atoms with Crippen molar-refractivity contribution < 1.29 is 4.79 Å². The van der Waals surface area contributed by atoms with Gasteiger partial charge in [0.2, 0.25) is 11.9 Å². The fraction of sp³-hybridized carbons (Fsp3) is 0.474. The maximum Gasteiger partial charge on any atom is 0.226 e. The molecule has 2 atom stereocenters. The molecule has 25 heavy (non-hydrogen) atoms. The molecule has 0 aliphatic carbocycles. The zero-order valence-corrected chi connectivity index (χ0v) is 15.0. The number of piperidine rings is 1. The molecule has 1 aromatic heterocycles. The summed E-state index contributed by atoms with van der Waals surface area (Å²) in [5.74, 6) is 1.23. The van der Waals surface area contributed by atoms with Crippen LogP contribution in [0.15, 0.2) is 42.7 Å². The van der Waals surface area contributed by atoms with Gasteiger partial charge in [0.15, 0.2) is 0 Å². The molecular formula is C19H25ClN4O. The number of anilines is 1. The van der Waals surface area contributed by atoms with E-state index in [0.29, 0.717) is 36.9 Å². The highest BCUT2D eigenvalue weighted by atomic mass is 35.5. The number of benzene rings is 1. The minimum atomic E-state index is 0. The number of hydrogen-bond donors (Lipinski definition) is 2. The number of imidazole rings is 1. The maximum absolute atomic E-state index is 12.4. The molecule has 0 radical (unpaired) electrons. The number of hydrogen-bond acceptors (Lipinski definition) is 3. The molecule has 4 rings (SSSR count). The quantitative estimate of drug-likeness (QED) is 0.860. The van der Waals surface area contributed by atoms with Gasteiger partial charge in [-0.2, -0.15) is 0 Å². The van der Waals surface area contributed by atoms with E-state index in [4.69, 9.17) is 0 Å². The second-order valence-electron chi connectivity index (χ2n) is 7.09. The van der Waals surface area contributed by atoms with Gasteiger partial charge in [-0.25, -0.2) is 4.98 Å². The Balaban J connectivity index is 0.00000182. The van der Waals surface area contributed by atoms with Crippen LogP contribution < -0.4 is 10.6 Å². The number of halogens is 1. The van der Waals surface area contributed by atoms with Crippen molar-refractivity contribution in [2.24, 2.45) is 5.92 Å². The molecule has 2 saturated heterocycles. The molecule has 6 heteroatoms.